The molecule has 2 atom stereocenters. The number of nitriles is 1. The summed E-state index contributed by atoms with van der Waals surface area (Å²) in [6.07, 6.45) is 6.47. The number of anilines is 1. The number of ether oxygens (including phenoxy) is 1. The van der Waals surface area contributed by atoms with E-state index in [9.17, 15) is 19.2 Å². The van der Waals surface area contributed by atoms with Gasteiger partial charge in [0.15, 0.2) is 11.6 Å². The van der Waals surface area contributed by atoms with E-state index in [0.29, 0.717) is 21.4 Å². The van der Waals surface area contributed by atoms with E-state index in [2.05, 4.69) is 16.0 Å². The van der Waals surface area contributed by atoms with Crippen molar-refractivity contribution in [3.05, 3.63) is 65.3 Å². The molecule has 2 aliphatic rings. The number of fused-ring (bicyclic) bond motifs is 2. The number of carbonyl (C=O) groups excluding carboxylic acids is 2. The summed E-state index contributed by atoms with van der Waals surface area (Å²) in [5, 5.41) is 9.31. The van der Waals surface area contributed by atoms with Gasteiger partial charge in [-0.2, -0.15) is 5.26 Å². The second-order valence-corrected chi connectivity index (χ2v) is 9.41. The van der Waals surface area contributed by atoms with E-state index in [0.717, 1.165) is 11.0 Å². The molecule has 35 heavy (non-hydrogen) atoms. The van der Waals surface area contributed by atoms with Gasteiger partial charge in [0.1, 0.15) is 5.25 Å². The SMILES string of the molecule is COc1cc(C2=CC3C(S2)C(=O)N(c2cncc4cccnc24)C(=O)N3CCC#N)c(Cl)cc1F. The summed E-state index contributed by atoms with van der Waals surface area (Å²) in [6, 6.07) is 7.04. The molecule has 0 bridgehead atoms. The lowest BCUT2D eigenvalue weighted by Crippen LogP contribution is -2.62. The highest BCUT2D eigenvalue weighted by Crippen LogP contribution is 2.47. The molecule has 0 saturated carbocycles. The third-order valence-electron chi connectivity index (χ3n) is 5.85. The van der Waals surface area contributed by atoms with Crippen LogP contribution >= 0.6 is 23.4 Å². The van der Waals surface area contributed by atoms with Gasteiger partial charge in [-0.25, -0.2) is 14.1 Å². The molecule has 1 fully saturated rings. The number of rotatable bonds is 5. The van der Waals surface area contributed by atoms with Crippen LogP contribution < -0.4 is 9.64 Å². The molecule has 2 unspecified atom stereocenters. The van der Waals surface area contributed by atoms with Gasteiger partial charge in [0, 0.05) is 34.8 Å². The third-order valence-corrected chi connectivity index (χ3v) is 7.51. The molecule has 0 aliphatic carbocycles. The number of methoxy groups -OCH3 is 1. The highest BCUT2D eigenvalue weighted by molar-refractivity contribution is 8.09. The van der Waals surface area contributed by atoms with Gasteiger partial charge in [-0.15, -0.1) is 11.8 Å². The Balaban J connectivity index is 1.59. The van der Waals surface area contributed by atoms with Gasteiger partial charge in [-0.1, -0.05) is 11.6 Å². The Morgan fingerprint density at radius 2 is 2.14 bits per heavy atom. The normalized spacial score (nSPS) is 19.5. The molecule has 3 aromatic rings. The summed E-state index contributed by atoms with van der Waals surface area (Å²) in [4.78, 5) is 39.1. The molecule has 1 saturated heterocycles. The fourth-order valence-electron chi connectivity index (χ4n) is 4.23. The number of hydrogen-bond acceptors (Lipinski definition) is 7. The predicted octanol–water partition coefficient (Wildman–Crippen LogP) is 4.64. The van der Waals surface area contributed by atoms with Gasteiger partial charge in [0.2, 0.25) is 0 Å². The average molecular weight is 510 g/mol. The zero-order valence-corrected chi connectivity index (χ0v) is 19.9. The van der Waals surface area contributed by atoms with Crippen molar-refractivity contribution >= 4 is 56.8 Å². The fraction of sp³-hybridized carbons (Fsp3) is 0.208. The Labute approximate surface area is 208 Å². The first kappa shape index (κ1) is 23.1. The van der Waals surface area contributed by atoms with Crippen LogP contribution in [0, 0.1) is 17.1 Å². The zero-order valence-electron chi connectivity index (χ0n) is 18.3. The van der Waals surface area contributed by atoms with Crippen molar-refractivity contribution in [1.29, 1.82) is 5.26 Å². The standard InChI is InChI=1S/C24H17ClFN5O3S/c1-34-19-8-14(15(25)9-16(19)26)20-10-17-22(35-20)23(32)31(24(33)30(17)7-3-5-27)18-12-28-11-13-4-2-6-29-21(13)18/h2,4,6,8-12,17,22H,3,7H2,1H3. The van der Waals surface area contributed by atoms with Crippen molar-refractivity contribution in [3.8, 4) is 11.8 Å². The van der Waals surface area contributed by atoms with Crippen molar-refractivity contribution < 1.29 is 18.7 Å². The number of aromatic nitrogens is 2. The number of carbonyl (C=O) groups is 2. The van der Waals surface area contributed by atoms with Gasteiger partial charge >= 0.3 is 6.03 Å². The molecule has 0 N–H and O–H groups in total. The molecule has 2 aromatic heterocycles. The number of halogens is 2. The first-order valence-corrected chi connectivity index (χ1v) is 11.8. The number of urea groups is 1. The maximum absolute atomic E-state index is 14.1. The molecule has 1 aromatic carbocycles. The van der Waals surface area contributed by atoms with Crippen LogP contribution in [-0.2, 0) is 4.79 Å². The number of hydrogen-bond donors (Lipinski definition) is 0. The van der Waals surface area contributed by atoms with Crippen molar-refractivity contribution in [2.75, 3.05) is 18.6 Å². The number of thioether (sulfide) groups is 1. The minimum Gasteiger partial charge on any atom is -0.494 e. The van der Waals surface area contributed by atoms with E-state index in [1.807, 2.05) is 0 Å². The second kappa shape index (κ2) is 9.17. The van der Waals surface area contributed by atoms with Crippen LogP contribution in [0.2, 0.25) is 5.02 Å². The fourth-order valence-corrected chi connectivity index (χ4v) is 5.90. The van der Waals surface area contributed by atoms with E-state index in [1.165, 1.54) is 36.0 Å². The van der Waals surface area contributed by atoms with Crippen molar-refractivity contribution in [2.24, 2.45) is 0 Å². The molecule has 0 spiro atoms. The van der Waals surface area contributed by atoms with Crippen molar-refractivity contribution in [3.63, 3.8) is 0 Å². The molecule has 4 heterocycles. The molecule has 176 valence electrons. The monoisotopic (exact) mass is 509 g/mol. The maximum atomic E-state index is 14.1. The quantitative estimate of drug-likeness (QED) is 0.494. The summed E-state index contributed by atoms with van der Waals surface area (Å²) < 4.78 is 19.2. The first-order valence-electron chi connectivity index (χ1n) is 10.6. The van der Waals surface area contributed by atoms with E-state index in [4.69, 9.17) is 16.3 Å². The number of nitrogens with zero attached hydrogens (tertiary/aromatic N) is 5. The number of amides is 3. The predicted molar refractivity (Wildman–Crippen MR) is 130 cm³/mol. The Hall–Kier alpha value is -3.68. The molecule has 5 rings (SSSR count). The summed E-state index contributed by atoms with van der Waals surface area (Å²) in [5.41, 5.74) is 1.23. The van der Waals surface area contributed by atoms with Crippen LogP contribution in [0.15, 0.2) is 48.9 Å². The molecule has 11 heteroatoms. The molecule has 8 nitrogen and oxygen atoms in total. The highest BCUT2D eigenvalue weighted by atomic mass is 35.5. The summed E-state index contributed by atoms with van der Waals surface area (Å²) >= 11 is 7.55. The molecule has 3 amide bonds. The van der Waals surface area contributed by atoms with Gasteiger partial charge in [0.25, 0.3) is 5.91 Å². The van der Waals surface area contributed by atoms with E-state index in [-0.39, 0.29) is 29.4 Å². The smallest absolute Gasteiger partial charge is 0.332 e. The molecular weight excluding hydrogens is 493 g/mol. The Morgan fingerprint density at radius 3 is 2.91 bits per heavy atom. The Morgan fingerprint density at radius 1 is 1.31 bits per heavy atom. The Kier molecular flexibility index (Phi) is 6.05. The summed E-state index contributed by atoms with van der Waals surface area (Å²) in [6.45, 7) is 0.122. The van der Waals surface area contributed by atoms with Crippen molar-refractivity contribution in [2.45, 2.75) is 17.7 Å². The Bertz CT molecular complexity index is 1440. The van der Waals surface area contributed by atoms with Crippen LogP contribution in [0.1, 0.15) is 12.0 Å². The van der Waals surface area contributed by atoms with E-state index >= 15 is 0 Å². The largest absolute Gasteiger partial charge is 0.494 e. The third kappa shape index (κ3) is 3.87. The molecule has 2 aliphatic heterocycles. The van der Waals surface area contributed by atoms with Crippen LogP contribution in [0.4, 0.5) is 14.9 Å². The summed E-state index contributed by atoms with van der Waals surface area (Å²) in [7, 11) is 1.35. The van der Waals surface area contributed by atoms with Crippen molar-refractivity contribution in [1.82, 2.24) is 14.9 Å². The van der Waals surface area contributed by atoms with Crippen LogP contribution in [0.3, 0.4) is 0 Å². The van der Waals surface area contributed by atoms with Crippen LogP contribution in [-0.4, -0.2) is 51.8 Å². The lowest BCUT2D eigenvalue weighted by Gasteiger charge is -2.40. The first-order chi connectivity index (χ1) is 16.9. The second-order valence-electron chi connectivity index (χ2n) is 7.82. The maximum Gasteiger partial charge on any atom is 0.332 e. The van der Waals surface area contributed by atoms with E-state index in [1.54, 1.807) is 30.6 Å². The molecular formula is C24H17ClFN5O3S. The minimum atomic E-state index is -0.701. The van der Waals surface area contributed by atoms with Gasteiger partial charge < -0.3 is 9.64 Å². The van der Waals surface area contributed by atoms with Gasteiger partial charge in [0.05, 0.1) is 48.1 Å². The topological polar surface area (TPSA) is 99.4 Å². The zero-order chi connectivity index (χ0) is 24.7. The van der Waals surface area contributed by atoms with Crippen LogP contribution in [0.5, 0.6) is 5.75 Å². The number of benzene rings is 1. The lowest BCUT2D eigenvalue weighted by atomic mass is 10.0. The molecule has 0 radical (unpaired) electrons. The summed E-state index contributed by atoms with van der Waals surface area (Å²) in [5.74, 6) is -1.03. The number of imide groups is 1. The van der Waals surface area contributed by atoms with Crippen LogP contribution in [0.25, 0.3) is 15.8 Å². The van der Waals surface area contributed by atoms with Gasteiger partial charge in [-0.3, -0.25) is 14.8 Å². The van der Waals surface area contributed by atoms with Gasteiger partial charge in [-0.05, 0) is 30.3 Å². The lowest BCUT2D eigenvalue weighted by molar-refractivity contribution is -0.119. The number of pyridine rings is 2. The average Bonchev–Trinajstić information content (AvgIpc) is 3.29. The van der Waals surface area contributed by atoms with E-state index < -0.39 is 29.0 Å². The highest BCUT2D eigenvalue weighted by Gasteiger charge is 2.50. The minimum absolute atomic E-state index is 0.0130.